The molecule has 1 aromatic rings. The molecule has 8 heteroatoms. The van der Waals surface area contributed by atoms with Gasteiger partial charge in [-0.25, -0.2) is 0 Å². The van der Waals surface area contributed by atoms with Crippen molar-refractivity contribution >= 4 is 26.5 Å². The van der Waals surface area contributed by atoms with E-state index in [1.165, 1.54) is 6.07 Å². The molecule has 0 heterocycles. The largest absolute Gasteiger partial charge is 0.416 e. The van der Waals surface area contributed by atoms with Gasteiger partial charge in [0.1, 0.15) is 0 Å². The van der Waals surface area contributed by atoms with Crippen LogP contribution in [-0.2, 0) is 12.4 Å². The van der Waals surface area contributed by atoms with Crippen LogP contribution in [0.25, 0.3) is 0 Å². The molecule has 0 saturated heterocycles. The summed E-state index contributed by atoms with van der Waals surface area (Å²) in [7, 11) is -4.89. The van der Waals surface area contributed by atoms with Gasteiger partial charge in [-0.15, -0.1) is 0 Å². The Hall–Kier alpha value is -0.766. The first-order valence-corrected chi connectivity index (χ1v) is 13.8. The van der Waals surface area contributed by atoms with E-state index in [-0.39, 0.29) is 10.4 Å². The van der Waals surface area contributed by atoms with Gasteiger partial charge in [0.2, 0.25) is 0 Å². The SMILES string of the molecule is C[Si](C)(C)c1cc([Si](C)(C)C)c(C(F)(F)F)cc1C(F)(F)F. The number of rotatable bonds is 2. The number of benzene rings is 1. The summed E-state index contributed by atoms with van der Waals surface area (Å²) in [4.78, 5) is 0. The first kappa shape index (κ1) is 19.3. The number of halogens is 6. The monoisotopic (exact) mass is 358 g/mol. The Morgan fingerprint density at radius 3 is 1.05 bits per heavy atom. The summed E-state index contributed by atoms with van der Waals surface area (Å²) in [5, 5.41) is 0.0934. The van der Waals surface area contributed by atoms with Crippen LogP contribution in [0.1, 0.15) is 11.1 Å². The van der Waals surface area contributed by atoms with E-state index >= 15 is 0 Å². The highest BCUT2D eigenvalue weighted by Crippen LogP contribution is 2.35. The third kappa shape index (κ3) is 4.15. The summed E-state index contributed by atoms with van der Waals surface area (Å²) >= 11 is 0. The Bertz CT molecular complexity index is 461. The lowest BCUT2D eigenvalue weighted by molar-refractivity contribution is -0.142. The van der Waals surface area contributed by atoms with Crippen LogP contribution in [0.5, 0.6) is 0 Å². The predicted octanol–water partition coefficient (Wildman–Crippen LogP) is 4.81. The van der Waals surface area contributed by atoms with Gasteiger partial charge in [0.25, 0.3) is 0 Å². The van der Waals surface area contributed by atoms with Crippen molar-refractivity contribution in [2.75, 3.05) is 0 Å². The minimum Gasteiger partial charge on any atom is -0.166 e. The second-order valence-corrected chi connectivity index (χ2v) is 17.5. The maximum Gasteiger partial charge on any atom is 0.416 e. The van der Waals surface area contributed by atoms with E-state index in [1.807, 2.05) is 0 Å². The molecule has 0 atom stereocenters. The van der Waals surface area contributed by atoms with Gasteiger partial charge in [0, 0.05) is 0 Å². The van der Waals surface area contributed by atoms with E-state index in [9.17, 15) is 26.3 Å². The van der Waals surface area contributed by atoms with Gasteiger partial charge in [-0.2, -0.15) is 26.3 Å². The smallest absolute Gasteiger partial charge is 0.166 e. The lowest BCUT2D eigenvalue weighted by atomic mass is 10.1. The van der Waals surface area contributed by atoms with Crippen LogP contribution in [-0.4, -0.2) is 16.1 Å². The van der Waals surface area contributed by atoms with Crippen LogP contribution in [0, 0.1) is 0 Å². The van der Waals surface area contributed by atoms with Crippen LogP contribution in [0.15, 0.2) is 12.1 Å². The van der Waals surface area contributed by atoms with E-state index in [1.54, 1.807) is 39.3 Å². The molecule has 0 unspecified atom stereocenters. The molecule has 0 radical (unpaired) electrons. The number of alkyl halides is 6. The summed E-state index contributed by atoms with van der Waals surface area (Å²) in [5.41, 5.74) is -2.28. The second kappa shape index (κ2) is 5.40. The van der Waals surface area contributed by atoms with Crippen LogP contribution >= 0.6 is 0 Å². The van der Waals surface area contributed by atoms with Gasteiger partial charge in [-0.05, 0) is 16.4 Å². The normalized spacial score (nSPS) is 14.4. The summed E-state index contributed by atoms with van der Waals surface area (Å²) in [6, 6.07) is 1.51. The lowest BCUT2D eigenvalue weighted by Crippen LogP contribution is -2.50. The lowest BCUT2D eigenvalue weighted by Gasteiger charge is -2.29. The predicted molar refractivity (Wildman–Crippen MR) is 82.4 cm³/mol. The highest BCUT2D eigenvalue weighted by molar-refractivity contribution is 6.92. The molecule has 0 amide bonds. The molecule has 1 rings (SSSR count). The van der Waals surface area contributed by atoms with E-state index in [4.69, 9.17) is 0 Å². The Kier molecular flexibility index (Phi) is 4.73. The van der Waals surface area contributed by atoms with Gasteiger partial charge < -0.3 is 0 Å². The molecule has 0 nitrogen and oxygen atoms in total. The van der Waals surface area contributed by atoms with Gasteiger partial charge in [0.05, 0.1) is 27.3 Å². The molecule has 22 heavy (non-hydrogen) atoms. The molecule has 0 fully saturated rings. The molecular formula is C14H20F6Si2. The van der Waals surface area contributed by atoms with E-state index in [2.05, 4.69) is 0 Å². The van der Waals surface area contributed by atoms with Crippen molar-refractivity contribution in [3.63, 3.8) is 0 Å². The van der Waals surface area contributed by atoms with E-state index in [0.717, 1.165) is 0 Å². The highest BCUT2D eigenvalue weighted by Gasteiger charge is 2.43. The molecule has 0 bridgehead atoms. The van der Waals surface area contributed by atoms with Crippen LogP contribution in [0.2, 0.25) is 39.3 Å². The summed E-state index contributed by atoms with van der Waals surface area (Å²) < 4.78 is 79.4. The summed E-state index contributed by atoms with van der Waals surface area (Å²) in [6.45, 7) is 10.2. The van der Waals surface area contributed by atoms with Crippen LogP contribution in [0.3, 0.4) is 0 Å². The van der Waals surface area contributed by atoms with Crippen molar-refractivity contribution in [2.24, 2.45) is 0 Å². The molecule has 0 saturated carbocycles. The highest BCUT2D eigenvalue weighted by atomic mass is 28.3. The quantitative estimate of drug-likeness (QED) is 0.525. The average molecular weight is 358 g/mol. The first-order valence-electron chi connectivity index (χ1n) is 6.79. The topological polar surface area (TPSA) is 0 Å². The van der Waals surface area contributed by atoms with Gasteiger partial charge in [0.15, 0.2) is 0 Å². The second-order valence-electron chi connectivity index (χ2n) is 7.44. The maximum absolute atomic E-state index is 13.2. The summed E-state index contributed by atoms with van der Waals surface area (Å²) in [6.07, 6.45) is -9.57. The van der Waals surface area contributed by atoms with Crippen molar-refractivity contribution in [2.45, 2.75) is 51.6 Å². The van der Waals surface area contributed by atoms with Crippen molar-refractivity contribution in [1.29, 1.82) is 0 Å². The number of hydrogen-bond acceptors (Lipinski definition) is 0. The van der Waals surface area contributed by atoms with Gasteiger partial charge in [-0.1, -0.05) is 45.3 Å². The molecule has 0 aromatic heterocycles. The average Bonchev–Trinajstić information content (AvgIpc) is 2.22. The van der Waals surface area contributed by atoms with E-state index in [0.29, 0.717) is 6.07 Å². The fourth-order valence-electron chi connectivity index (χ4n) is 2.31. The Morgan fingerprint density at radius 1 is 0.591 bits per heavy atom. The number of hydrogen-bond donors (Lipinski definition) is 0. The molecule has 0 spiro atoms. The molecule has 1 aromatic carbocycles. The Balaban J connectivity index is 3.90. The standard InChI is InChI=1S/C14H20F6Si2/c1-21(2,3)11-8-12(22(4,5)6)10(14(18,19)20)7-9(11)13(15,16)17/h7-8H,1-6H3. The van der Waals surface area contributed by atoms with Crippen molar-refractivity contribution < 1.29 is 26.3 Å². The Morgan fingerprint density at radius 2 is 0.864 bits per heavy atom. The zero-order valence-electron chi connectivity index (χ0n) is 13.4. The van der Waals surface area contributed by atoms with Crippen LogP contribution in [0.4, 0.5) is 26.3 Å². The fourth-order valence-corrected chi connectivity index (χ4v) is 5.65. The molecule has 0 aliphatic heterocycles. The molecule has 0 aliphatic carbocycles. The zero-order valence-corrected chi connectivity index (χ0v) is 15.4. The fraction of sp³-hybridized carbons (Fsp3) is 0.571. The van der Waals surface area contributed by atoms with E-state index < -0.39 is 39.6 Å². The maximum atomic E-state index is 13.2. The Labute approximate surface area is 128 Å². The summed E-state index contributed by atoms with van der Waals surface area (Å²) in [5.74, 6) is 0. The third-order valence-corrected chi connectivity index (χ3v) is 7.44. The van der Waals surface area contributed by atoms with Crippen molar-refractivity contribution in [3.05, 3.63) is 23.3 Å². The van der Waals surface area contributed by atoms with Crippen molar-refractivity contribution in [1.82, 2.24) is 0 Å². The minimum atomic E-state index is -4.78. The minimum absolute atomic E-state index is 0.0467. The zero-order chi connectivity index (χ0) is 17.7. The molecule has 126 valence electrons. The molecule has 0 aliphatic rings. The van der Waals surface area contributed by atoms with Gasteiger partial charge in [-0.3, -0.25) is 0 Å². The third-order valence-electron chi connectivity index (χ3n) is 3.38. The van der Waals surface area contributed by atoms with Crippen LogP contribution < -0.4 is 10.4 Å². The molecule has 0 N–H and O–H groups in total. The van der Waals surface area contributed by atoms with Gasteiger partial charge >= 0.3 is 12.4 Å². The van der Waals surface area contributed by atoms with Crippen molar-refractivity contribution in [3.8, 4) is 0 Å². The first-order chi connectivity index (χ1) is 9.45. The molecular weight excluding hydrogens is 338 g/mol.